The average Bonchev–Trinajstić information content (AvgIpc) is 2.51. The summed E-state index contributed by atoms with van der Waals surface area (Å²) in [4.78, 5) is 2.30. The highest BCUT2D eigenvalue weighted by atomic mass is 15.3. The molecule has 1 aliphatic carbocycles. The van der Waals surface area contributed by atoms with E-state index in [0.29, 0.717) is 12.2 Å². The van der Waals surface area contributed by atoms with Gasteiger partial charge in [-0.2, -0.15) is 0 Å². The highest BCUT2D eigenvalue weighted by Crippen LogP contribution is 2.29. The van der Waals surface area contributed by atoms with Crippen LogP contribution in [-0.4, -0.2) is 37.2 Å². The molecule has 4 atom stereocenters. The summed E-state index contributed by atoms with van der Waals surface area (Å²) >= 11 is 0. The Hall–Kier alpha value is -0.120. The SMILES string of the molecule is CN(C)C1CC(N)C2CCCC2[NH2+]1. The van der Waals surface area contributed by atoms with Crippen LogP contribution in [0.3, 0.4) is 0 Å². The van der Waals surface area contributed by atoms with Crippen LogP contribution in [0.2, 0.25) is 0 Å². The van der Waals surface area contributed by atoms with Crippen LogP contribution in [0.4, 0.5) is 0 Å². The molecule has 0 radical (unpaired) electrons. The van der Waals surface area contributed by atoms with Gasteiger partial charge in [-0.05, 0) is 33.4 Å². The van der Waals surface area contributed by atoms with Crippen LogP contribution < -0.4 is 11.1 Å². The Kier molecular flexibility index (Phi) is 2.58. The number of piperidine rings is 1. The van der Waals surface area contributed by atoms with E-state index in [1.165, 1.54) is 19.3 Å². The van der Waals surface area contributed by atoms with Crippen LogP contribution in [-0.2, 0) is 0 Å². The van der Waals surface area contributed by atoms with Crippen LogP contribution in [0.5, 0.6) is 0 Å². The minimum absolute atomic E-state index is 0.449. The third-order valence-electron chi connectivity index (χ3n) is 3.82. The molecule has 3 heteroatoms. The molecule has 2 aliphatic rings. The molecule has 0 aromatic carbocycles. The molecule has 0 spiro atoms. The molecule has 4 unspecified atom stereocenters. The molecule has 0 aromatic rings. The quantitative estimate of drug-likeness (QED) is 0.568. The third kappa shape index (κ3) is 1.73. The van der Waals surface area contributed by atoms with E-state index in [-0.39, 0.29) is 0 Å². The molecule has 76 valence electrons. The molecule has 2 fully saturated rings. The normalized spacial score (nSPS) is 45.2. The van der Waals surface area contributed by atoms with Crippen molar-refractivity contribution < 1.29 is 5.32 Å². The first-order valence-corrected chi connectivity index (χ1v) is 5.45. The highest BCUT2D eigenvalue weighted by Gasteiger charge is 2.42. The number of hydrogen-bond acceptors (Lipinski definition) is 2. The Bertz CT molecular complexity index is 181. The Morgan fingerprint density at radius 2 is 2.08 bits per heavy atom. The molecule has 13 heavy (non-hydrogen) atoms. The van der Waals surface area contributed by atoms with Gasteiger partial charge in [-0.25, -0.2) is 0 Å². The van der Waals surface area contributed by atoms with Crippen LogP contribution in [0.25, 0.3) is 0 Å². The minimum atomic E-state index is 0.449. The minimum Gasteiger partial charge on any atom is -0.329 e. The molecule has 1 heterocycles. The predicted molar refractivity (Wildman–Crippen MR) is 53.1 cm³/mol. The second-order valence-electron chi connectivity index (χ2n) is 4.88. The average molecular weight is 184 g/mol. The molecule has 4 N–H and O–H groups in total. The van der Waals surface area contributed by atoms with Crippen molar-refractivity contribution in [1.29, 1.82) is 0 Å². The van der Waals surface area contributed by atoms with Crippen molar-refractivity contribution in [1.82, 2.24) is 4.90 Å². The molecule has 0 amide bonds. The topological polar surface area (TPSA) is 45.9 Å². The lowest BCUT2D eigenvalue weighted by Gasteiger charge is -2.37. The summed E-state index contributed by atoms with van der Waals surface area (Å²) in [5.74, 6) is 0.802. The number of fused-ring (bicyclic) bond motifs is 1. The van der Waals surface area contributed by atoms with Crippen molar-refractivity contribution in [3.8, 4) is 0 Å². The Morgan fingerprint density at radius 3 is 2.77 bits per heavy atom. The van der Waals surface area contributed by atoms with E-state index in [4.69, 9.17) is 5.73 Å². The molecule has 3 nitrogen and oxygen atoms in total. The van der Waals surface area contributed by atoms with Gasteiger partial charge in [-0.15, -0.1) is 0 Å². The smallest absolute Gasteiger partial charge is 0.143 e. The fourth-order valence-corrected chi connectivity index (χ4v) is 2.99. The summed E-state index contributed by atoms with van der Waals surface area (Å²) in [5, 5.41) is 2.54. The third-order valence-corrected chi connectivity index (χ3v) is 3.82. The van der Waals surface area contributed by atoms with Crippen molar-refractivity contribution in [3.05, 3.63) is 0 Å². The fraction of sp³-hybridized carbons (Fsp3) is 1.00. The van der Waals surface area contributed by atoms with Gasteiger partial charge in [0.25, 0.3) is 0 Å². The zero-order valence-corrected chi connectivity index (χ0v) is 8.74. The maximum Gasteiger partial charge on any atom is 0.143 e. The highest BCUT2D eigenvalue weighted by molar-refractivity contribution is 4.88. The fourth-order valence-electron chi connectivity index (χ4n) is 2.99. The standard InChI is InChI=1S/C10H21N3/c1-13(2)10-6-8(11)7-4-3-5-9(7)12-10/h7-10,12H,3-6,11H2,1-2H3/p+1. The number of nitrogens with two attached hydrogens (primary N) is 2. The summed E-state index contributed by atoms with van der Waals surface area (Å²) in [5.41, 5.74) is 6.20. The van der Waals surface area contributed by atoms with Crippen LogP contribution >= 0.6 is 0 Å². The van der Waals surface area contributed by atoms with Crippen LogP contribution in [0.15, 0.2) is 0 Å². The van der Waals surface area contributed by atoms with Crippen LogP contribution in [0.1, 0.15) is 25.7 Å². The summed E-state index contributed by atoms with van der Waals surface area (Å²) < 4.78 is 0. The van der Waals surface area contributed by atoms with Crippen molar-refractivity contribution in [2.75, 3.05) is 14.1 Å². The van der Waals surface area contributed by atoms with E-state index in [2.05, 4.69) is 24.3 Å². The lowest BCUT2D eigenvalue weighted by molar-refractivity contribution is -0.751. The first-order chi connectivity index (χ1) is 6.18. The van der Waals surface area contributed by atoms with Crippen LogP contribution in [0, 0.1) is 5.92 Å². The van der Waals surface area contributed by atoms with Crippen molar-refractivity contribution >= 4 is 0 Å². The summed E-state index contributed by atoms with van der Waals surface area (Å²) in [6, 6.07) is 1.26. The molecular formula is C10H22N3+. The van der Waals surface area contributed by atoms with Gasteiger partial charge in [-0.3, -0.25) is 4.90 Å². The Morgan fingerprint density at radius 1 is 1.31 bits per heavy atom. The number of rotatable bonds is 1. The molecule has 1 saturated heterocycles. The number of quaternary nitrogens is 1. The molecule has 2 rings (SSSR count). The zero-order valence-electron chi connectivity index (χ0n) is 8.74. The number of hydrogen-bond donors (Lipinski definition) is 2. The molecule has 1 aliphatic heterocycles. The summed E-state index contributed by atoms with van der Waals surface area (Å²) in [6.07, 6.45) is 5.91. The maximum atomic E-state index is 6.20. The Balaban J connectivity index is 2.01. The lowest BCUT2D eigenvalue weighted by Crippen LogP contribution is -3.01. The molecule has 0 bridgehead atoms. The van der Waals surface area contributed by atoms with Gasteiger partial charge in [0.1, 0.15) is 6.17 Å². The van der Waals surface area contributed by atoms with Gasteiger partial charge in [0.05, 0.1) is 6.04 Å². The molecular weight excluding hydrogens is 162 g/mol. The molecule has 1 saturated carbocycles. The first kappa shape index (κ1) is 9.44. The van der Waals surface area contributed by atoms with E-state index in [9.17, 15) is 0 Å². The Labute approximate surface area is 80.7 Å². The predicted octanol–water partition coefficient (Wildman–Crippen LogP) is -0.663. The van der Waals surface area contributed by atoms with Gasteiger partial charge in [0, 0.05) is 18.4 Å². The second kappa shape index (κ2) is 3.56. The van der Waals surface area contributed by atoms with Gasteiger partial charge >= 0.3 is 0 Å². The van der Waals surface area contributed by atoms with E-state index in [1.807, 2.05) is 0 Å². The van der Waals surface area contributed by atoms with E-state index in [1.54, 1.807) is 0 Å². The van der Waals surface area contributed by atoms with Gasteiger partial charge in [0.15, 0.2) is 0 Å². The zero-order chi connectivity index (χ0) is 9.42. The van der Waals surface area contributed by atoms with Gasteiger partial charge in [-0.1, -0.05) is 0 Å². The number of nitrogens with zero attached hydrogens (tertiary/aromatic N) is 1. The van der Waals surface area contributed by atoms with Crippen molar-refractivity contribution in [3.63, 3.8) is 0 Å². The monoisotopic (exact) mass is 184 g/mol. The van der Waals surface area contributed by atoms with E-state index >= 15 is 0 Å². The van der Waals surface area contributed by atoms with Crippen molar-refractivity contribution in [2.45, 2.75) is 43.9 Å². The van der Waals surface area contributed by atoms with E-state index < -0.39 is 0 Å². The second-order valence-corrected chi connectivity index (χ2v) is 4.88. The largest absolute Gasteiger partial charge is 0.329 e. The van der Waals surface area contributed by atoms with Gasteiger partial charge < -0.3 is 11.1 Å². The van der Waals surface area contributed by atoms with Crippen molar-refractivity contribution in [2.24, 2.45) is 11.7 Å². The summed E-state index contributed by atoms with van der Waals surface area (Å²) in [6.45, 7) is 0. The summed E-state index contributed by atoms with van der Waals surface area (Å²) in [7, 11) is 4.31. The van der Waals surface area contributed by atoms with Gasteiger partial charge in [0.2, 0.25) is 0 Å². The lowest BCUT2D eigenvalue weighted by atomic mass is 9.87. The molecule has 0 aromatic heterocycles. The maximum absolute atomic E-state index is 6.20. The first-order valence-electron chi connectivity index (χ1n) is 5.45. The van der Waals surface area contributed by atoms with E-state index in [0.717, 1.165) is 18.4 Å².